The van der Waals surface area contributed by atoms with Crippen LogP contribution in [0.15, 0.2) is 41.1 Å². The van der Waals surface area contributed by atoms with Crippen molar-refractivity contribution in [1.29, 1.82) is 5.26 Å². The highest BCUT2D eigenvalue weighted by atomic mass is 32.1. The van der Waals surface area contributed by atoms with Gasteiger partial charge in [-0.2, -0.15) is 10.2 Å². The van der Waals surface area contributed by atoms with E-state index in [1.54, 1.807) is 17.5 Å². The molecule has 2 fully saturated rings. The largest absolute Gasteiger partial charge is 0.360 e. The number of aromatic nitrogens is 3. The second kappa shape index (κ2) is 8.01. The Bertz CT molecular complexity index is 1560. The molecule has 1 saturated carbocycles. The number of benzene rings is 1. The SMILES string of the molecule is Cc1cccc(C)c1-c1noc(C2CC2)c1C1=CC2(CCN(c3nc4ncc(C#N)cc4s3)CC2)C1. The van der Waals surface area contributed by atoms with Gasteiger partial charge in [0.05, 0.1) is 10.3 Å². The molecule has 0 atom stereocenters. The number of thiazole rings is 1. The minimum atomic E-state index is 0.255. The third-order valence-electron chi connectivity index (χ3n) is 8.12. The summed E-state index contributed by atoms with van der Waals surface area (Å²) in [6.07, 6.45) is 9.86. The van der Waals surface area contributed by atoms with Gasteiger partial charge in [0.25, 0.3) is 0 Å². The predicted octanol–water partition coefficient (Wildman–Crippen LogP) is 6.79. The first-order chi connectivity index (χ1) is 17.5. The molecule has 0 bridgehead atoms. The maximum Gasteiger partial charge on any atom is 0.188 e. The normalized spacial score (nSPS) is 18.8. The molecule has 1 aromatic carbocycles. The van der Waals surface area contributed by atoms with Crippen LogP contribution >= 0.6 is 11.3 Å². The Hall–Kier alpha value is -3.50. The second-order valence-corrected chi connectivity index (χ2v) is 11.7. The highest BCUT2D eigenvalue weighted by molar-refractivity contribution is 7.22. The van der Waals surface area contributed by atoms with E-state index in [0.717, 1.165) is 59.3 Å². The Labute approximate surface area is 214 Å². The third kappa shape index (κ3) is 3.47. The molecular weight excluding hydrogens is 466 g/mol. The number of nitriles is 1. The predicted molar refractivity (Wildman–Crippen MR) is 142 cm³/mol. The second-order valence-electron chi connectivity index (χ2n) is 10.7. The quantitative estimate of drug-likeness (QED) is 0.312. The lowest BCUT2D eigenvalue weighted by Crippen LogP contribution is -2.42. The number of allylic oxidation sites excluding steroid dienone is 2. The lowest BCUT2D eigenvalue weighted by molar-refractivity contribution is 0.277. The zero-order valence-corrected chi connectivity index (χ0v) is 21.4. The topological polar surface area (TPSA) is 78.8 Å². The molecule has 0 amide bonds. The average molecular weight is 494 g/mol. The number of rotatable bonds is 4. The molecule has 36 heavy (non-hydrogen) atoms. The van der Waals surface area contributed by atoms with Crippen LogP contribution < -0.4 is 4.90 Å². The number of hydrogen-bond acceptors (Lipinski definition) is 7. The van der Waals surface area contributed by atoms with Gasteiger partial charge in [0.15, 0.2) is 10.8 Å². The van der Waals surface area contributed by atoms with Crippen molar-refractivity contribution < 1.29 is 4.52 Å². The molecule has 1 aliphatic heterocycles. The minimum absolute atomic E-state index is 0.255. The number of anilines is 1. The number of pyridine rings is 1. The van der Waals surface area contributed by atoms with Crippen molar-refractivity contribution in [2.45, 2.75) is 51.9 Å². The van der Waals surface area contributed by atoms with Gasteiger partial charge in [-0.1, -0.05) is 40.8 Å². The van der Waals surface area contributed by atoms with Crippen LogP contribution in [0.4, 0.5) is 5.13 Å². The summed E-state index contributed by atoms with van der Waals surface area (Å²) in [6.45, 7) is 6.31. The van der Waals surface area contributed by atoms with E-state index in [-0.39, 0.29) is 5.41 Å². The van der Waals surface area contributed by atoms with Gasteiger partial charge in [-0.3, -0.25) is 0 Å². The van der Waals surface area contributed by atoms with E-state index in [2.05, 4.69) is 59.2 Å². The van der Waals surface area contributed by atoms with Gasteiger partial charge in [-0.15, -0.1) is 0 Å². The van der Waals surface area contributed by atoms with Crippen LogP contribution in [0.25, 0.3) is 27.2 Å². The Balaban J connectivity index is 1.15. The average Bonchev–Trinajstić information content (AvgIpc) is 3.48. The first kappa shape index (κ1) is 21.8. The van der Waals surface area contributed by atoms with Gasteiger partial charge in [-0.25, -0.2) is 4.98 Å². The molecule has 0 unspecified atom stereocenters. The third-order valence-corrected chi connectivity index (χ3v) is 9.18. The summed E-state index contributed by atoms with van der Waals surface area (Å²) in [6, 6.07) is 10.5. The summed E-state index contributed by atoms with van der Waals surface area (Å²) < 4.78 is 6.99. The van der Waals surface area contributed by atoms with Gasteiger partial charge >= 0.3 is 0 Å². The molecule has 4 heterocycles. The Morgan fingerprint density at radius 3 is 2.58 bits per heavy atom. The lowest BCUT2D eigenvalue weighted by atomic mass is 9.63. The summed E-state index contributed by atoms with van der Waals surface area (Å²) in [7, 11) is 0. The molecular formula is C29H27N5OS. The Kier molecular flexibility index (Phi) is 4.84. The molecule has 7 rings (SSSR count). The first-order valence-corrected chi connectivity index (χ1v) is 13.6. The van der Waals surface area contributed by atoms with Crippen LogP contribution in [-0.2, 0) is 0 Å². The zero-order chi connectivity index (χ0) is 24.4. The monoisotopic (exact) mass is 493 g/mol. The van der Waals surface area contributed by atoms with Crippen molar-refractivity contribution in [2.24, 2.45) is 5.41 Å². The summed E-state index contributed by atoms with van der Waals surface area (Å²) in [4.78, 5) is 11.5. The van der Waals surface area contributed by atoms with Crippen molar-refractivity contribution in [3.63, 3.8) is 0 Å². The highest BCUT2D eigenvalue weighted by Crippen LogP contribution is 2.56. The van der Waals surface area contributed by atoms with Crippen molar-refractivity contribution in [3.05, 3.63) is 64.6 Å². The Morgan fingerprint density at radius 1 is 1.14 bits per heavy atom. The zero-order valence-electron chi connectivity index (χ0n) is 20.5. The van der Waals surface area contributed by atoms with Crippen molar-refractivity contribution in [3.8, 4) is 17.3 Å². The number of nitrogens with zero attached hydrogens (tertiary/aromatic N) is 5. The summed E-state index contributed by atoms with van der Waals surface area (Å²) in [5.41, 5.74) is 9.02. The van der Waals surface area contributed by atoms with E-state index >= 15 is 0 Å². The molecule has 3 aromatic heterocycles. The molecule has 2 aliphatic carbocycles. The van der Waals surface area contributed by atoms with Crippen LogP contribution in [0.2, 0.25) is 0 Å². The fourth-order valence-corrected chi connectivity index (χ4v) is 6.96. The maximum atomic E-state index is 9.16. The minimum Gasteiger partial charge on any atom is -0.360 e. The molecule has 3 aliphatic rings. The van der Waals surface area contributed by atoms with Crippen LogP contribution in [0.1, 0.15) is 66.0 Å². The van der Waals surface area contributed by atoms with Gasteiger partial charge in [0.2, 0.25) is 0 Å². The standard InChI is InChI=1S/C29H27N5OS/c1-17-4-3-5-18(2)23(17)25-24(26(35-33-25)20-6-7-20)21-13-29(14-21)8-10-34(11-9-29)28-32-27-22(36-28)12-19(15-30)16-31-27/h3-5,12-13,16,20H,6-11,14H2,1-2H3. The summed E-state index contributed by atoms with van der Waals surface area (Å²) in [5.74, 6) is 1.63. The molecule has 1 spiro atoms. The van der Waals surface area contributed by atoms with E-state index in [4.69, 9.17) is 14.8 Å². The van der Waals surface area contributed by atoms with Gasteiger partial charge in [0.1, 0.15) is 17.5 Å². The van der Waals surface area contributed by atoms with Gasteiger partial charge in [-0.05, 0) is 74.1 Å². The Morgan fingerprint density at radius 2 is 1.89 bits per heavy atom. The smallest absolute Gasteiger partial charge is 0.188 e. The fourth-order valence-electron chi connectivity index (χ4n) is 5.95. The molecule has 0 N–H and O–H groups in total. The summed E-state index contributed by atoms with van der Waals surface area (Å²) in [5, 5.41) is 14.8. The van der Waals surface area contributed by atoms with Gasteiger partial charge < -0.3 is 9.42 Å². The van der Waals surface area contributed by atoms with Crippen molar-refractivity contribution >= 4 is 32.4 Å². The van der Waals surface area contributed by atoms with Gasteiger partial charge in [0, 0.05) is 36.3 Å². The van der Waals surface area contributed by atoms with E-state index in [9.17, 15) is 0 Å². The van der Waals surface area contributed by atoms with Crippen LogP contribution in [0.5, 0.6) is 0 Å². The van der Waals surface area contributed by atoms with Crippen LogP contribution in [0.3, 0.4) is 0 Å². The molecule has 7 heteroatoms. The van der Waals surface area contributed by atoms with E-state index < -0.39 is 0 Å². The van der Waals surface area contributed by atoms with Crippen molar-refractivity contribution in [2.75, 3.05) is 18.0 Å². The number of piperidine rings is 1. The van der Waals surface area contributed by atoms with Crippen LogP contribution in [-0.4, -0.2) is 28.2 Å². The number of aryl methyl sites for hydroxylation is 2. The molecule has 6 nitrogen and oxygen atoms in total. The summed E-state index contributed by atoms with van der Waals surface area (Å²) >= 11 is 1.64. The number of fused-ring (bicyclic) bond motifs is 1. The van der Waals surface area contributed by atoms with E-state index in [1.807, 2.05) is 6.07 Å². The van der Waals surface area contributed by atoms with Crippen LogP contribution in [0, 0.1) is 30.6 Å². The maximum absolute atomic E-state index is 9.16. The number of hydrogen-bond donors (Lipinski definition) is 0. The lowest BCUT2D eigenvalue weighted by Gasteiger charge is -2.46. The molecule has 0 radical (unpaired) electrons. The highest BCUT2D eigenvalue weighted by Gasteiger charge is 2.44. The molecule has 180 valence electrons. The molecule has 4 aromatic rings. The fraction of sp³-hybridized carbons (Fsp3) is 0.379. The van der Waals surface area contributed by atoms with E-state index in [0.29, 0.717) is 11.5 Å². The molecule has 1 saturated heterocycles. The van der Waals surface area contributed by atoms with Crippen molar-refractivity contribution in [1.82, 2.24) is 15.1 Å². The van der Waals surface area contributed by atoms with E-state index in [1.165, 1.54) is 40.7 Å². The first-order valence-electron chi connectivity index (χ1n) is 12.7.